The quantitative estimate of drug-likeness (QED) is 0.734. The van der Waals surface area contributed by atoms with E-state index < -0.39 is 0 Å². The highest BCUT2D eigenvalue weighted by molar-refractivity contribution is 4.86. The van der Waals surface area contributed by atoms with Gasteiger partial charge in [-0.05, 0) is 44.1 Å². The number of aliphatic hydroxyl groups excluding tert-OH is 1. The largest absolute Gasteiger partial charge is 0.391 e. The molecule has 1 saturated carbocycles. The minimum absolute atomic E-state index is 0.0898. The fourth-order valence-corrected chi connectivity index (χ4v) is 3.29. The summed E-state index contributed by atoms with van der Waals surface area (Å²) in [5.41, 5.74) is 0. The van der Waals surface area contributed by atoms with E-state index in [9.17, 15) is 5.11 Å². The van der Waals surface area contributed by atoms with Crippen molar-refractivity contribution in [3.63, 3.8) is 0 Å². The first kappa shape index (κ1) is 11.4. The highest BCUT2D eigenvalue weighted by atomic mass is 16.3. The highest BCUT2D eigenvalue weighted by Gasteiger charge is 2.31. The number of aliphatic hydroxyl groups is 1. The third-order valence-electron chi connectivity index (χ3n) is 4.22. The highest BCUT2D eigenvalue weighted by Crippen LogP contribution is 2.32. The second kappa shape index (κ2) is 5.31. The van der Waals surface area contributed by atoms with E-state index in [-0.39, 0.29) is 6.10 Å². The number of hydrogen-bond donors (Lipinski definition) is 2. The summed E-state index contributed by atoms with van der Waals surface area (Å²) in [5.74, 6) is 1.38. The molecule has 1 aliphatic carbocycles. The van der Waals surface area contributed by atoms with E-state index in [0.29, 0.717) is 12.0 Å². The van der Waals surface area contributed by atoms with E-state index in [1.807, 2.05) is 0 Å². The van der Waals surface area contributed by atoms with Crippen LogP contribution in [0, 0.1) is 11.8 Å². The molecule has 2 N–H and O–H groups in total. The first-order valence-corrected chi connectivity index (χ1v) is 6.69. The monoisotopic (exact) mass is 211 g/mol. The van der Waals surface area contributed by atoms with Gasteiger partial charge in [0.1, 0.15) is 0 Å². The summed E-state index contributed by atoms with van der Waals surface area (Å²) in [6, 6.07) is 0.383. The molecule has 1 aliphatic heterocycles. The standard InChI is InChI=1S/C13H25NO/c1-10-5-4-6-11(9-10)13(15)12-7-2-3-8-14-12/h10-15H,2-9H2,1H3. The zero-order valence-corrected chi connectivity index (χ0v) is 9.91. The molecule has 2 aliphatic rings. The maximum atomic E-state index is 10.4. The van der Waals surface area contributed by atoms with E-state index in [1.54, 1.807) is 0 Å². The average Bonchev–Trinajstić information content (AvgIpc) is 2.29. The minimum Gasteiger partial charge on any atom is -0.391 e. The van der Waals surface area contributed by atoms with Gasteiger partial charge < -0.3 is 10.4 Å². The van der Waals surface area contributed by atoms with Crippen LogP contribution < -0.4 is 5.32 Å². The Morgan fingerprint density at radius 1 is 1.13 bits per heavy atom. The molecule has 0 aromatic heterocycles. The number of nitrogens with one attached hydrogen (secondary N) is 1. The number of rotatable bonds is 2. The van der Waals surface area contributed by atoms with Gasteiger partial charge in [-0.3, -0.25) is 0 Å². The molecule has 0 bridgehead atoms. The van der Waals surface area contributed by atoms with Crippen molar-refractivity contribution in [2.45, 2.75) is 64.0 Å². The third kappa shape index (κ3) is 2.94. The summed E-state index contributed by atoms with van der Waals surface area (Å²) in [5, 5.41) is 13.8. The Balaban J connectivity index is 1.85. The van der Waals surface area contributed by atoms with E-state index in [2.05, 4.69) is 12.2 Å². The predicted octanol–water partition coefficient (Wildman–Crippen LogP) is 2.32. The molecule has 2 fully saturated rings. The number of hydrogen-bond acceptors (Lipinski definition) is 2. The lowest BCUT2D eigenvalue weighted by Crippen LogP contribution is -2.47. The Kier molecular flexibility index (Phi) is 4.04. The molecule has 4 unspecified atom stereocenters. The van der Waals surface area contributed by atoms with Gasteiger partial charge in [0.15, 0.2) is 0 Å². The fraction of sp³-hybridized carbons (Fsp3) is 1.00. The van der Waals surface area contributed by atoms with Crippen LogP contribution in [0.1, 0.15) is 51.9 Å². The maximum absolute atomic E-state index is 10.4. The van der Waals surface area contributed by atoms with Crippen molar-refractivity contribution in [3.8, 4) is 0 Å². The smallest absolute Gasteiger partial charge is 0.0721 e. The molecule has 0 spiro atoms. The molecular formula is C13H25NO. The molecule has 1 saturated heterocycles. The topological polar surface area (TPSA) is 32.3 Å². The Morgan fingerprint density at radius 3 is 2.67 bits per heavy atom. The van der Waals surface area contributed by atoms with Crippen molar-refractivity contribution in [3.05, 3.63) is 0 Å². The lowest BCUT2D eigenvalue weighted by atomic mass is 9.77. The zero-order chi connectivity index (χ0) is 10.7. The Morgan fingerprint density at radius 2 is 2.00 bits per heavy atom. The van der Waals surface area contributed by atoms with Crippen molar-refractivity contribution in [2.75, 3.05) is 6.54 Å². The van der Waals surface area contributed by atoms with Crippen molar-refractivity contribution >= 4 is 0 Å². The SMILES string of the molecule is CC1CCCC(C(O)C2CCCCN2)C1. The summed E-state index contributed by atoms with van der Waals surface area (Å²) < 4.78 is 0. The maximum Gasteiger partial charge on any atom is 0.0721 e. The van der Waals surface area contributed by atoms with Gasteiger partial charge in [-0.2, -0.15) is 0 Å². The molecular weight excluding hydrogens is 186 g/mol. The van der Waals surface area contributed by atoms with Crippen LogP contribution in [0.3, 0.4) is 0 Å². The second-order valence-electron chi connectivity index (χ2n) is 5.58. The van der Waals surface area contributed by atoms with Crippen LogP contribution in [0.4, 0.5) is 0 Å². The van der Waals surface area contributed by atoms with Gasteiger partial charge in [-0.1, -0.05) is 26.2 Å². The van der Waals surface area contributed by atoms with Crippen LogP contribution in [0.2, 0.25) is 0 Å². The van der Waals surface area contributed by atoms with Gasteiger partial charge in [-0.15, -0.1) is 0 Å². The summed E-state index contributed by atoms with van der Waals surface area (Å²) in [7, 11) is 0. The normalized spacial score (nSPS) is 40.0. The predicted molar refractivity (Wildman–Crippen MR) is 62.8 cm³/mol. The molecule has 2 heteroatoms. The van der Waals surface area contributed by atoms with Crippen molar-refractivity contribution in [2.24, 2.45) is 11.8 Å². The van der Waals surface area contributed by atoms with Crippen LogP contribution in [-0.2, 0) is 0 Å². The van der Waals surface area contributed by atoms with Crippen LogP contribution >= 0.6 is 0 Å². The summed E-state index contributed by atoms with van der Waals surface area (Å²) in [4.78, 5) is 0. The van der Waals surface area contributed by atoms with E-state index in [0.717, 1.165) is 12.5 Å². The Labute approximate surface area is 93.5 Å². The Bertz CT molecular complexity index is 189. The van der Waals surface area contributed by atoms with Gasteiger partial charge in [0.05, 0.1) is 6.10 Å². The fourth-order valence-electron chi connectivity index (χ4n) is 3.29. The van der Waals surface area contributed by atoms with Gasteiger partial charge in [-0.25, -0.2) is 0 Å². The van der Waals surface area contributed by atoms with Crippen LogP contribution in [0.25, 0.3) is 0 Å². The molecule has 0 aromatic rings. The average molecular weight is 211 g/mol. The molecule has 0 radical (unpaired) electrons. The molecule has 1 heterocycles. The summed E-state index contributed by atoms with van der Waals surface area (Å²) in [6.07, 6.45) is 8.81. The number of piperidine rings is 1. The van der Waals surface area contributed by atoms with Crippen molar-refractivity contribution in [1.82, 2.24) is 5.32 Å². The van der Waals surface area contributed by atoms with E-state index >= 15 is 0 Å². The summed E-state index contributed by atoms with van der Waals surface area (Å²) >= 11 is 0. The molecule has 15 heavy (non-hydrogen) atoms. The van der Waals surface area contributed by atoms with Crippen molar-refractivity contribution < 1.29 is 5.11 Å². The Hall–Kier alpha value is -0.0800. The first-order chi connectivity index (χ1) is 7.27. The molecule has 0 amide bonds. The van der Waals surface area contributed by atoms with Gasteiger partial charge in [0.2, 0.25) is 0 Å². The van der Waals surface area contributed by atoms with E-state index in [1.165, 1.54) is 44.9 Å². The van der Waals surface area contributed by atoms with Gasteiger partial charge >= 0.3 is 0 Å². The van der Waals surface area contributed by atoms with Crippen LogP contribution in [0.5, 0.6) is 0 Å². The molecule has 0 aromatic carbocycles. The lowest BCUT2D eigenvalue weighted by molar-refractivity contribution is 0.0321. The second-order valence-corrected chi connectivity index (χ2v) is 5.58. The first-order valence-electron chi connectivity index (χ1n) is 6.69. The lowest BCUT2D eigenvalue weighted by Gasteiger charge is -2.36. The molecule has 2 rings (SSSR count). The minimum atomic E-state index is -0.0898. The summed E-state index contributed by atoms with van der Waals surface area (Å²) in [6.45, 7) is 3.43. The van der Waals surface area contributed by atoms with Crippen LogP contribution in [-0.4, -0.2) is 23.8 Å². The van der Waals surface area contributed by atoms with Crippen LogP contribution in [0.15, 0.2) is 0 Å². The molecule has 4 atom stereocenters. The van der Waals surface area contributed by atoms with Crippen molar-refractivity contribution in [1.29, 1.82) is 0 Å². The third-order valence-corrected chi connectivity index (χ3v) is 4.22. The molecule has 2 nitrogen and oxygen atoms in total. The van der Waals surface area contributed by atoms with Gasteiger partial charge in [0.25, 0.3) is 0 Å². The molecule has 88 valence electrons. The zero-order valence-electron chi connectivity index (χ0n) is 9.91. The van der Waals surface area contributed by atoms with E-state index in [4.69, 9.17) is 0 Å². The van der Waals surface area contributed by atoms with Gasteiger partial charge in [0, 0.05) is 6.04 Å².